The molecule has 0 saturated carbocycles. The molecule has 104 valence electrons. The number of amides is 1. The number of carbonyl (C=O) groups excluding carboxylic acids is 1. The molecule has 1 aromatic rings. The second-order valence-corrected chi connectivity index (χ2v) is 4.97. The van der Waals surface area contributed by atoms with Crippen molar-refractivity contribution < 1.29 is 4.79 Å². The Labute approximate surface area is 115 Å². The number of hydrogen-bond acceptors (Lipinski definition) is 3. The average Bonchev–Trinajstić information content (AvgIpc) is 2.44. The Bertz CT molecular complexity index is 445. The number of fused-ring (bicyclic) bond motifs is 1. The molecule has 0 fully saturated rings. The van der Waals surface area contributed by atoms with Gasteiger partial charge in [-0.05, 0) is 50.7 Å². The predicted octanol–water partition coefficient (Wildman–Crippen LogP) is 0.947. The molecule has 0 saturated heterocycles. The van der Waals surface area contributed by atoms with E-state index in [9.17, 15) is 4.79 Å². The second kappa shape index (κ2) is 6.68. The number of anilines is 1. The highest BCUT2D eigenvalue weighted by Gasteiger charge is 2.23. The van der Waals surface area contributed by atoms with Gasteiger partial charge in [-0.1, -0.05) is 12.1 Å². The Morgan fingerprint density at radius 1 is 1.16 bits per heavy atom. The molecule has 19 heavy (non-hydrogen) atoms. The molecule has 0 radical (unpaired) electrons. The largest absolute Gasteiger partial charge is 0.319 e. The highest BCUT2D eigenvalue weighted by Crippen LogP contribution is 2.28. The van der Waals surface area contributed by atoms with E-state index in [0.717, 1.165) is 38.2 Å². The van der Waals surface area contributed by atoms with E-state index in [1.54, 1.807) is 0 Å². The standard InChI is InChI=1S/C15H23N3O/c1-16-8-7-12-3-5-14-13(11-12)4-6-15(19)18(14)10-9-17-2/h3,5,11,16-17H,4,6-10H2,1-2H3. The maximum atomic E-state index is 12.0. The molecule has 4 nitrogen and oxygen atoms in total. The third-order valence-corrected chi connectivity index (χ3v) is 3.59. The lowest BCUT2D eigenvalue weighted by Gasteiger charge is -2.29. The maximum Gasteiger partial charge on any atom is 0.227 e. The molecule has 0 atom stereocenters. The molecule has 2 rings (SSSR count). The van der Waals surface area contributed by atoms with Gasteiger partial charge >= 0.3 is 0 Å². The summed E-state index contributed by atoms with van der Waals surface area (Å²) >= 11 is 0. The summed E-state index contributed by atoms with van der Waals surface area (Å²) in [6, 6.07) is 6.50. The van der Waals surface area contributed by atoms with Crippen molar-refractivity contribution in [2.75, 3.05) is 38.6 Å². The highest BCUT2D eigenvalue weighted by molar-refractivity contribution is 5.96. The number of benzene rings is 1. The summed E-state index contributed by atoms with van der Waals surface area (Å²) in [5, 5.41) is 6.27. The van der Waals surface area contributed by atoms with Gasteiger partial charge in [0, 0.05) is 25.2 Å². The van der Waals surface area contributed by atoms with E-state index in [-0.39, 0.29) is 5.91 Å². The molecule has 0 unspecified atom stereocenters. The topological polar surface area (TPSA) is 44.4 Å². The van der Waals surface area contributed by atoms with Gasteiger partial charge in [-0.25, -0.2) is 0 Å². The minimum Gasteiger partial charge on any atom is -0.319 e. The van der Waals surface area contributed by atoms with Crippen molar-refractivity contribution in [1.82, 2.24) is 10.6 Å². The van der Waals surface area contributed by atoms with Crippen molar-refractivity contribution in [3.05, 3.63) is 29.3 Å². The molecular weight excluding hydrogens is 238 g/mol. The molecule has 0 bridgehead atoms. The van der Waals surface area contributed by atoms with E-state index in [2.05, 4.69) is 28.8 Å². The number of nitrogens with zero attached hydrogens (tertiary/aromatic N) is 1. The van der Waals surface area contributed by atoms with Crippen LogP contribution in [0.1, 0.15) is 17.5 Å². The Hall–Kier alpha value is -1.39. The first-order chi connectivity index (χ1) is 9.26. The summed E-state index contributed by atoms with van der Waals surface area (Å²) in [5.74, 6) is 0.241. The van der Waals surface area contributed by atoms with E-state index >= 15 is 0 Å². The maximum absolute atomic E-state index is 12.0. The monoisotopic (exact) mass is 261 g/mol. The van der Waals surface area contributed by atoms with Gasteiger partial charge in [0.1, 0.15) is 0 Å². The quantitative estimate of drug-likeness (QED) is 0.801. The SMILES string of the molecule is CNCCc1ccc2c(c1)CCC(=O)N2CCNC. The Kier molecular flexibility index (Phi) is 4.93. The van der Waals surface area contributed by atoms with Crippen molar-refractivity contribution in [3.63, 3.8) is 0 Å². The lowest BCUT2D eigenvalue weighted by atomic mass is 9.97. The first-order valence-corrected chi connectivity index (χ1v) is 6.97. The van der Waals surface area contributed by atoms with Gasteiger partial charge in [0.2, 0.25) is 5.91 Å². The van der Waals surface area contributed by atoms with Crippen LogP contribution in [0, 0.1) is 0 Å². The van der Waals surface area contributed by atoms with Crippen LogP contribution in [-0.4, -0.2) is 39.6 Å². The number of hydrogen-bond donors (Lipinski definition) is 2. The normalized spacial score (nSPS) is 14.6. The zero-order valence-electron chi connectivity index (χ0n) is 11.8. The third-order valence-electron chi connectivity index (χ3n) is 3.59. The molecule has 1 heterocycles. The van der Waals surface area contributed by atoms with E-state index < -0.39 is 0 Å². The minimum absolute atomic E-state index is 0.241. The van der Waals surface area contributed by atoms with Gasteiger partial charge in [-0.3, -0.25) is 4.79 Å². The minimum atomic E-state index is 0.241. The smallest absolute Gasteiger partial charge is 0.227 e. The van der Waals surface area contributed by atoms with E-state index in [1.165, 1.54) is 11.1 Å². The molecule has 1 aromatic carbocycles. The molecule has 1 aliphatic heterocycles. The molecule has 1 amide bonds. The van der Waals surface area contributed by atoms with Gasteiger partial charge in [-0.2, -0.15) is 0 Å². The summed E-state index contributed by atoms with van der Waals surface area (Å²) in [6.07, 6.45) is 2.54. The Morgan fingerprint density at radius 3 is 2.68 bits per heavy atom. The first-order valence-electron chi connectivity index (χ1n) is 6.97. The lowest BCUT2D eigenvalue weighted by molar-refractivity contribution is -0.118. The van der Waals surface area contributed by atoms with Crippen LogP contribution in [0.5, 0.6) is 0 Å². The molecule has 0 spiro atoms. The number of likely N-dealkylation sites (N-methyl/N-ethyl adjacent to an activating group) is 2. The van der Waals surface area contributed by atoms with Crippen LogP contribution in [0.4, 0.5) is 5.69 Å². The second-order valence-electron chi connectivity index (χ2n) is 4.97. The molecule has 2 N–H and O–H groups in total. The zero-order chi connectivity index (χ0) is 13.7. The van der Waals surface area contributed by atoms with Gasteiger partial charge in [0.05, 0.1) is 0 Å². The van der Waals surface area contributed by atoms with E-state index in [4.69, 9.17) is 0 Å². The summed E-state index contributed by atoms with van der Waals surface area (Å²) in [5.41, 5.74) is 3.75. The summed E-state index contributed by atoms with van der Waals surface area (Å²) in [6.45, 7) is 2.56. The predicted molar refractivity (Wildman–Crippen MR) is 78.7 cm³/mol. The molecule has 0 aromatic heterocycles. The lowest BCUT2D eigenvalue weighted by Crippen LogP contribution is -2.39. The van der Waals surface area contributed by atoms with Crippen molar-refractivity contribution in [2.24, 2.45) is 0 Å². The molecule has 4 heteroatoms. The van der Waals surface area contributed by atoms with Crippen molar-refractivity contribution in [1.29, 1.82) is 0 Å². The van der Waals surface area contributed by atoms with Crippen molar-refractivity contribution >= 4 is 11.6 Å². The van der Waals surface area contributed by atoms with E-state index in [1.807, 2.05) is 19.0 Å². The fraction of sp³-hybridized carbons (Fsp3) is 0.533. The first kappa shape index (κ1) is 14.0. The van der Waals surface area contributed by atoms with Crippen LogP contribution in [0.3, 0.4) is 0 Å². The summed E-state index contributed by atoms with van der Waals surface area (Å²) in [4.78, 5) is 13.9. The average molecular weight is 261 g/mol. The number of nitrogens with one attached hydrogen (secondary N) is 2. The van der Waals surface area contributed by atoms with Crippen LogP contribution in [-0.2, 0) is 17.6 Å². The van der Waals surface area contributed by atoms with Crippen LogP contribution in [0.25, 0.3) is 0 Å². The van der Waals surface area contributed by atoms with E-state index in [0.29, 0.717) is 6.42 Å². The van der Waals surface area contributed by atoms with Crippen molar-refractivity contribution in [2.45, 2.75) is 19.3 Å². The van der Waals surface area contributed by atoms with Crippen molar-refractivity contribution in [3.8, 4) is 0 Å². The molecular formula is C15H23N3O. The van der Waals surface area contributed by atoms with Crippen LogP contribution < -0.4 is 15.5 Å². The van der Waals surface area contributed by atoms with Gasteiger partial charge in [0.15, 0.2) is 0 Å². The number of rotatable bonds is 6. The molecule has 1 aliphatic rings. The van der Waals surface area contributed by atoms with Crippen LogP contribution in [0.2, 0.25) is 0 Å². The van der Waals surface area contributed by atoms with Crippen LogP contribution >= 0.6 is 0 Å². The van der Waals surface area contributed by atoms with Gasteiger partial charge in [-0.15, -0.1) is 0 Å². The fourth-order valence-electron chi connectivity index (χ4n) is 2.51. The summed E-state index contributed by atoms with van der Waals surface area (Å²) < 4.78 is 0. The zero-order valence-corrected chi connectivity index (χ0v) is 11.8. The number of carbonyl (C=O) groups is 1. The summed E-state index contributed by atoms with van der Waals surface area (Å²) in [7, 11) is 3.88. The third kappa shape index (κ3) is 3.33. The number of aryl methyl sites for hydroxylation is 1. The fourth-order valence-corrected chi connectivity index (χ4v) is 2.51. The Morgan fingerprint density at radius 2 is 1.95 bits per heavy atom. The molecule has 0 aliphatic carbocycles. The Balaban J connectivity index is 2.18. The highest BCUT2D eigenvalue weighted by atomic mass is 16.2. The van der Waals surface area contributed by atoms with Crippen LogP contribution in [0.15, 0.2) is 18.2 Å². The van der Waals surface area contributed by atoms with Gasteiger partial charge < -0.3 is 15.5 Å². The van der Waals surface area contributed by atoms with Gasteiger partial charge in [0.25, 0.3) is 0 Å².